The first-order valence-corrected chi connectivity index (χ1v) is 5.33. The molecule has 15 heavy (non-hydrogen) atoms. The standard InChI is InChI=1S/C14H18O/c1-4-11-15-14-9-7-13(8-10-14)12(5-2)6-3/h5-10H,2,4,11H2,1,3H3/b12-6+. The first-order chi connectivity index (χ1) is 7.31. The predicted octanol–water partition coefficient (Wildman–Crippen LogP) is 4.06. The van der Waals surface area contributed by atoms with Crippen LogP contribution in [-0.4, -0.2) is 6.61 Å². The topological polar surface area (TPSA) is 9.23 Å². The molecule has 1 aromatic carbocycles. The molecule has 0 saturated carbocycles. The van der Waals surface area contributed by atoms with Crippen molar-refractivity contribution in [2.75, 3.05) is 6.61 Å². The van der Waals surface area contributed by atoms with Crippen LogP contribution in [0, 0.1) is 0 Å². The molecular weight excluding hydrogens is 184 g/mol. The number of benzene rings is 1. The minimum absolute atomic E-state index is 0.775. The first kappa shape index (κ1) is 11.6. The van der Waals surface area contributed by atoms with E-state index in [-0.39, 0.29) is 0 Å². The lowest BCUT2D eigenvalue weighted by atomic mass is 10.1. The molecule has 0 fully saturated rings. The molecule has 1 heteroatoms. The molecular formula is C14H18O. The van der Waals surface area contributed by atoms with Gasteiger partial charge in [0.1, 0.15) is 5.75 Å². The van der Waals surface area contributed by atoms with Gasteiger partial charge in [0.15, 0.2) is 0 Å². The molecule has 0 spiro atoms. The lowest BCUT2D eigenvalue weighted by molar-refractivity contribution is 0.317. The van der Waals surface area contributed by atoms with Gasteiger partial charge in [0.2, 0.25) is 0 Å². The largest absolute Gasteiger partial charge is 0.494 e. The van der Waals surface area contributed by atoms with E-state index in [4.69, 9.17) is 4.74 Å². The highest BCUT2D eigenvalue weighted by Gasteiger charge is 1.97. The first-order valence-electron chi connectivity index (χ1n) is 5.33. The average molecular weight is 202 g/mol. The van der Waals surface area contributed by atoms with E-state index < -0.39 is 0 Å². The highest BCUT2D eigenvalue weighted by molar-refractivity contribution is 5.73. The molecule has 0 unspecified atom stereocenters. The van der Waals surface area contributed by atoms with Gasteiger partial charge in [-0.05, 0) is 36.6 Å². The average Bonchev–Trinajstić information content (AvgIpc) is 2.29. The zero-order valence-corrected chi connectivity index (χ0v) is 9.49. The zero-order valence-electron chi connectivity index (χ0n) is 9.49. The van der Waals surface area contributed by atoms with Crippen molar-refractivity contribution >= 4 is 5.57 Å². The number of rotatable bonds is 5. The second-order valence-electron chi connectivity index (χ2n) is 3.32. The van der Waals surface area contributed by atoms with Crippen molar-refractivity contribution in [3.63, 3.8) is 0 Å². The fourth-order valence-corrected chi connectivity index (χ4v) is 1.37. The molecule has 0 aliphatic rings. The molecule has 0 bridgehead atoms. The maximum Gasteiger partial charge on any atom is 0.119 e. The Bertz CT molecular complexity index is 333. The Kier molecular flexibility index (Phi) is 4.69. The second kappa shape index (κ2) is 6.07. The van der Waals surface area contributed by atoms with Gasteiger partial charge in [0.25, 0.3) is 0 Å². The molecule has 1 nitrogen and oxygen atoms in total. The Hall–Kier alpha value is -1.50. The summed E-state index contributed by atoms with van der Waals surface area (Å²) in [5.41, 5.74) is 2.33. The van der Waals surface area contributed by atoms with Crippen LogP contribution >= 0.6 is 0 Å². The molecule has 0 aliphatic carbocycles. The molecule has 80 valence electrons. The van der Waals surface area contributed by atoms with Gasteiger partial charge >= 0.3 is 0 Å². The molecule has 0 radical (unpaired) electrons. The summed E-state index contributed by atoms with van der Waals surface area (Å²) in [6.07, 6.45) is 4.95. The minimum Gasteiger partial charge on any atom is -0.494 e. The summed E-state index contributed by atoms with van der Waals surface area (Å²) in [7, 11) is 0. The summed E-state index contributed by atoms with van der Waals surface area (Å²) in [6.45, 7) is 8.67. The van der Waals surface area contributed by atoms with E-state index in [0.29, 0.717) is 0 Å². The summed E-state index contributed by atoms with van der Waals surface area (Å²) in [5, 5.41) is 0. The van der Waals surface area contributed by atoms with Gasteiger partial charge in [0.05, 0.1) is 6.61 Å². The highest BCUT2D eigenvalue weighted by atomic mass is 16.5. The Morgan fingerprint density at radius 2 is 2.00 bits per heavy atom. The monoisotopic (exact) mass is 202 g/mol. The molecule has 0 aliphatic heterocycles. The second-order valence-corrected chi connectivity index (χ2v) is 3.32. The number of hydrogen-bond acceptors (Lipinski definition) is 1. The maximum absolute atomic E-state index is 5.51. The van der Waals surface area contributed by atoms with E-state index in [9.17, 15) is 0 Å². The Balaban J connectivity index is 2.75. The van der Waals surface area contributed by atoms with Crippen molar-refractivity contribution < 1.29 is 4.74 Å². The van der Waals surface area contributed by atoms with Crippen molar-refractivity contribution in [1.82, 2.24) is 0 Å². The van der Waals surface area contributed by atoms with Crippen LogP contribution in [-0.2, 0) is 0 Å². The van der Waals surface area contributed by atoms with E-state index >= 15 is 0 Å². The van der Waals surface area contributed by atoms with Crippen LogP contribution in [0.15, 0.2) is 43.0 Å². The van der Waals surface area contributed by atoms with Gasteiger partial charge in [-0.15, -0.1) is 0 Å². The predicted molar refractivity (Wildman–Crippen MR) is 66.1 cm³/mol. The van der Waals surface area contributed by atoms with E-state index in [1.807, 2.05) is 25.1 Å². The molecule has 1 rings (SSSR count). The van der Waals surface area contributed by atoms with Crippen LogP contribution in [0.5, 0.6) is 5.75 Å². The van der Waals surface area contributed by atoms with E-state index in [1.165, 1.54) is 5.56 Å². The van der Waals surface area contributed by atoms with Gasteiger partial charge in [0, 0.05) is 0 Å². The van der Waals surface area contributed by atoms with Crippen LogP contribution in [0.1, 0.15) is 25.8 Å². The van der Waals surface area contributed by atoms with Crippen LogP contribution in [0.3, 0.4) is 0 Å². The summed E-state index contributed by atoms with van der Waals surface area (Å²) >= 11 is 0. The highest BCUT2D eigenvalue weighted by Crippen LogP contribution is 2.19. The molecule has 0 aromatic heterocycles. The maximum atomic E-state index is 5.51. The molecule has 0 N–H and O–H groups in total. The molecule has 0 saturated heterocycles. The number of hydrogen-bond donors (Lipinski definition) is 0. The van der Waals surface area contributed by atoms with Crippen molar-refractivity contribution in [3.8, 4) is 5.75 Å². The summed E-state index contributed by atoms with van der Waals surface area (Å²) in [4.78, 5) is 0. The fraction of sp³-hybridized carbons (Fsp3) is 0.286. The fourth-order valence-electron chi connectivity index (χ4n) is 1.37. The van der Waals surface area contributed by atoms with Gasteiger partial charge in [-0.25, -0.2) is 0 Å². The van der Waals surface area contributed by atoms with Crippen LogP contribution in [0.4, 0.5) is 0 Å². The van der Waals surface area contributed by atoms with Gasteiger partial charge in [-0.2, -0.15) is 0 Å². The lowest BCUT2D eigenvalue weighted by Gasteiger charge is -2.06. The van der Waals surface area contributed by atoms with Gasteiger partial charge < -0.3 is 4.74 Å². The lowest BCUT2D eigenvalue weighted by Crippen LogP contribution is -1.94. The zero-order chi connectivity index (χ0) is 11.1. The summed E-state index contributed by atoms with van der Waals surface area (Å²) in [6, 6.07) is 8.11. The van der Waals surface area contributed by atoms with Crippen molar-refractivity contribution in [1.29, 1.82) is 0 Å². The third kappa shape index (κ3) is 3.28. The van der Waals surface area contributed by atoms with Crippen LogP contribution in [0.25, 0.3) is 5.57 Å². The van der Waals surface area contributed by atoms with Gasteiger partial charge in [-0.1, -0.05) is 37.8 Å². The van der Waals surface area contributed by atoms with Crippen molar-refractivity contribution in [2.45, 2.75) is 20.3 Å². The van der Waals surface area contributed by atoms with E-state index in [1.54, 1.807) is 0 Å². The van der Waals surface area contributed by atoms with Gasteiger partial charge in [-0.3, -0.25) is 0 Å². The summed E-state index contributed by atoms with van der Waals surface area (Å²) in [5.74, 6) is 0.931. The SMILES string of the molecule is C=C/C(=C\C)c1ccc(OCCC)cc1. The smallest absolute Gasteiger partial charge is 0.119 e. The van der Waals surface area contributed by atoms with Crippen LogP contribution in [0.2, 0.25) is 0 Å². The van der Waals surface area contributed by atoms with Crippen molar-refractivity contribution in [2.24, 2.45) is 0 Å². The molecule has 0 amide bonds. The minimum atomic E-state index is 0.775. The third-order valence-electron chi connectivity index (χ3n) is 2.19. The Labute approximate surface area is 92.1 Å². The number of ether oxygens (including phenoxy) is 1. The van der Waals surface area contributed by atoms with Crippen molar-refractivity contribution in [3.05, 3.63) is 48.6 Å². The quantitative estimate of drug-likeness (QED) is 0.654. The Morgan fingerprint density at radius 1 is 1.33 bits per heavy atom. The normalized spacial score (nSPS) is 11.2. The molecule has 0 atom stereocenters. The summed E-state index contributed by atoms with van der Waals surface area (Å²) < 4.78 is 5.51. The van der Waals surface area contributed by atoms with E-state index in [2.05, 4.69) is 31.7 Å². The molecule has 1 aromatic rings. The van der Waals surface area contributed by atoms with Crippen LogP contribution < -0.4 is 4.74 Å². The van der Waals surface area contributed by atoms with E-state index in [0.717, 1.165) is 24.4 Å². The number of allylic oxidation sites excluding steroid dienone is 3. The molecule has 0 heterocycles. The third-order valence-corrected chi connectivity index (χ3v) is 2.19. The Morgan fingerprint density at radius 3 is 2.47 bits per heavy atom.